The van der Waals surface area contributed by atoms with Gasteiger partial charge in [-0.3, -0.25) is 5.32 Å². The van der Waals surface area contributed by atoms with E-state index in [-0.39, 0.29) is 0 Å². The van der Waals surface area contributed by atoms with E-state index in [2.05, 4.69) is 42.0 Å². The zero-order valence-corrected chi connectivity index (χ0v) is 13.4. The second-order valence-electron chi connectivity index (χ2n) is 4.38. The van der Waals surface area contributed by atoms with Crippen molar-refractivity contribution < 1.29 is 9.47 Å². The quantitative estimate of drug-likeness (QED) is 0.646. The highest BCUT2D eigenvalue weighted by atomic mass is 79.9. The molecule has 1 rings (SSSR count). The summed E-state index contributed by atoms with van der Waals surface area (Å²) in [4.78, 5) is 0. The van der Waals surface area contributed by atoms with E-state index in [9.17, 15) is 0 Å². The molecule has 0 aromatic heterocycles. The van der Waals surface area contributed by atoms with Crippen molar-refractivity contribution in [3.8, 4) is 5.75 Å². The summed E-state index contributed by atoms with van der Waals surface area (Å²) in [7, 11) is 3.42. The van der Waals surface area contributed by atoms with Crippen molar-refractivity contribution in [2.75, 3.05) is 27.5 Å². The molecule has 1 N–H and O–H groups in total. The van der Waals surface area contributed by atoms with Crippen LogP contribution in [0.5, 0.6) is 5.75 Å². The van der Waals surface area contributed by atoms with E-state index >= 15 is 0 Å². The Kier molecular flexibility index (Phi) is 6.12. The number of nitrogens with one attached hydrogen (secondary N) is 1. The van der Waals surface area contributed by atoms with Crippen LogP contribution in [-0.2, 0) is 11.2 Å². The molecule has 0 unspecified atom stereocenters. The van der Waals surface area contributed by atoms with Crippen LogP contribution < -0.4 is 10.1 Å². The number of halogens is 1. The van der Waals surface area contributed by atoms with Crippen LogP contribution in [0.25, 0.3) is 0 Å². The summed E-state index contributed by atoms with van der Waals surface area (Å²) in [6, 6.07) is 0. The van der Waals surface area contributed by atoms with Gasteiger partial charge >= 0.3 is 0 Å². The molecular weight excluding hydrogens is 294 g/mol. The molecule has 0 atom stereocenters. The predicted octanol–water partition coefficient (Wildman–Crippen LogP) is 3.12. The Morgan fingerprint density at radius 3 is 2.28 bits per heavy atom. The molecule has 0 radical (unpaired) electrons. The van der Waals surface area contributed by atoms with Gasteiger partial charge in [-0.25, -0.2) is 0 Å². The smallest absolute Gasteiger partial charge is 0.125 e. The minimum absolute atomic E-state index is 0.577. The highest BCUT2D eigenvalue weighted by molar-refractivity contribution is 9.10. The molecule has 0 fully saturated rings. The Labute approximate surface area is 118 Å². The van der Waals surface area contributed by atoms with Crippen LogP contribution in [0.3, 0.4) is 0 Å². The third kappa shape index (κ3) is 3.25. The summed E-state index contributed by atoms with van der Waals surface area (Å²) in [5, 5.41) is 3.22. The van der Waals surface area contributed by atoms with E-state index < -0.39 is 0 Å². The van der Waals surface area contributed by atoms with Gasteiger partial charge in [0.15, 0.2) is 0 Å². The fourth-order valence-electron chi connectivity index (χ4n) is 2.11. The first-order valence-corrected chi connectivity index (χ1v) is 6.85. The number of methoxy groups -OCH3 is 2. The van der Waals surface area contributed by atoms with Gasteiger partial charge in [0.25, 0.3) is 0 Å². The summed E-state index contributed by atoms with van der Waals surface area (Å²) in [6.45, 7) is 7.80. The average Bonchev–Trinajstić information content (AvgIpc) is 2.38. The Morgan fingerprint density at radius 2 is 1.72 bits per heavy atom. The molecule has 1 aromatic rings. The average molecular weight is 316 g/mol. The van der Waals surface area contributed by atoms with Crippen molar-refractivity contribution in [3.05, 3.63) is 26.7 Å². The molecule has 102 valence electrons. The van der Waals surface area contributed by atoms with E-state index in [4.69, 9.17) is 9.47 Å². The van der Waals surface area contributed by atoms with Crippen molar-refractivity contribution in [3.63, 3.8) is 0 Å². The van der Waals surface area contributed by atoms with E-state index in [1.165, 1.54) is 26.7 Å². The molecule has 18 heavy (non-hydrogen) atoms. The maximum atomic E-state index is 5.57. The minimum atomic E-state index is 0.577. The SMILES string of the molecule is COCNCCc1c(C)c(Br)c(C)c(C)c1OC. The van der Waals surface area contributed by atoms with Crippen LogP contribution >= 0.6 is 15.9 Å². The number of hydrogen-bond donors (Lipinski definition) is 1. The second kappa shape index (κ2) is 7.12. The van der Waals surface area contributed by atoms with Crippen LogP contribution in [0, 0.1) is 20.8 Å². The molecule has 0 heterocycles. The Hall–Kier alpha value is -0.580. The molecule has 0 saturated carbocycles. The van der Waals surface area contributed by atoms with Crippen LogP contribution in [0.2, 0.25) is 0 Å². The summed E-state index contributed by atoms with van der Waals surface area (Å²) >= 11 is 3.67. The van der Waals surface area contributed by atoms with E-state index in [1.807, 2.05) is 0 Å². The van der Waals surface area contributed by atoms with Crippen molar-refractivity contribution in [1.29, 1.82) is 0 Å². The molecule has 0 aliphatic rings. The van der Waals surface area contributed by atoms with Gasteiger partial charge in [0, 0.05) is 18.1 Å². The highest BCUT2D eigenvalue weighted by Gasteiger charge is 2.16. The van der Waals surface area contributed by atoms with Gasteiger partial charge in [-0.1, -0.05) is 15.9 Å². The predicted molar refractivity (Wildman–Crippen MR) is 78.5 cm³/mol. The van der Waals surface area contributed by atoms with Crippen LogP contribution in [0.4, 0.5) is 0 Å². The fourth-order valence-corrected chi connectivity index (χ4v) is 2.65. The first-order valence-electron chi connectivity index (χ1n) is 6.06. The van der Waals surface area contributed by atoms with Gasteiger partial charge in [-0.2, -0.15) is 0 Å². The number of rotatable bonds is 6. The van der Waals surface area contributed by atoms with E-state index in [0.717, 1.165) is 18.7 Å². The van der Waals surface area contributed by atoms with Crippen molar-refractivity contribution >= 4 is 15.9 Å². The lowest BCUT2D eigenvalue weighted by atomic mass is 9.97. The van der Waals surface area contributed by atoms with Crippen molar-refractivity contribution in [2.24, 2.45) is 0 Å². The lowest BCUT2D eigenvalue weighted by Crippen LogP contribution is -2.20. The molecular formula is C14H22BrNO2. The minimum Gasteiger partial charge on any atom is -0.496 e. The summed E-state index contributed by atoms with van der Waals surface area (Å²) < 4.78 is 11.7. The first kappa shape index (κ1) is 15.5. The Morgan fingerprint density at radius 1 is 1.06 bits per heavy atom. The summed E-state index contributed by atoms with van der Waals surface area (Å²) in [5.74, 6) is 1.01. The van der Waals surface area contributed by atoms with Gasteiger partial charge in [-0.05, 0) is 49.4 Å². The van der Waals surface area contributed by atoms with Crippen LogP contribution in [0.15, 0.2) is 4.47 Å². The number of benzene rings is 1. The number of ether oxygens (including phenoxy) is 2. The molecule has 0 spiro atoms. The Balaban J connectivity index is 3.01. The zero-order valence-electron chi connectivity index (χ0n) is 11.8. The van der Waals surface area contributed by atoms with Crippen LogP contribution in [-0.4, -0.2) is 27.5 Å². The lowest BCUT2D eigenvalue weighted by molar-refractivity contribution is 0.176. The largest absolute Gasteiger partial charge is 0.496 e. The molecule has 0 amide bonds. The van der Waals surface area contributed by atoms with E-state index in [0.29, 0.717) is 6.73 Å². The molecule has 3 nitrogen and oxygen atoms in total. The lowest BCUT2D eigenvalue weighted by Gasteiger charge is -2.19. The zero-order chi connectivity index (χ0) is 13.7. The topological polar surface area (TPSA) is 30.5 Å². The van der Waals surface area contributed by atoms with Gasteiger partial charge < -0.3 is 9.47 Å². The fraction of sp³-hybridized carbons (Fsp3) is 0.571. The maximum absolute atomic E-state index is 5.57. The maximum Gasteiger partial charge on any atom is 0.125 e. The third-order valence-corrected chi connectivity index (χ3v) is 4.48. The third-order valence-electron chi connectivity index (χ3n) is 3.29. The van der Waals surface area contributed by atoms with Crippen molar-refractivity contribution in [1.82, 2.24) is 5.32 Å². The van der Waals surface area contributed by atoms with Gasteiger partial charge in [0.2, 0.25) is 0 Å². The molecule has 0 aliphatic heterocycles. The van der Waals surface area contributed by atoms with E-state index in [1.54, 1.807) is 14.2 Å². The summed E-state index contributed by atoms with van der Waals surface area (Å²) in [5.41, 5.74) is 4.97. The summed E-state index contributed by atoms with van der Waals surface area (Å²) in [6.07, 6.45) is 0.929. The first-order chi connectivity index (χ1) is 8.54. The van der Waals surface area contributed by atoms with Gasteiger partial charge in [-0.15, -0.1) is 0 Å². The molecule has 4 heteroatoms. The monoisotopic (exact) mass is 315 g/mol. The highest BCUT2D eigenvalue weighted by Crippen LogP contribution is 2.36. The van der Waals surface area contributed by atoms with Crippen molar-refractivity contribution in [2.45, 2.75) is 27.2 Å². The standard InChI is InChI=1S/C14H22BrNO2/c1-9-10(2)14(18-5)12(11(3)13(9)15)6-7-16-8-17-4/h16H,6-8H2,1-5H3. The molecule has 0 aliphatic carbocycles. The molecule has 0 saturated heterocycles. The Bertz CT molecular complexity index is 419. The normalized spacial score (nSPS) is 10.8. The van der Waals surface area contributed by atoms with Gasteiger partial charge in [0.05, 0.1) is 13.8 Å². The second-order valence-corrected chi connectivity index (χ2v) is 5.18. The van der Waals surface area contributed by atoms with Crippen LogP contribution in [0.1, 0.15) is 22.3 Å². The molecule has 0 bridgehead atoms. The molecule has 1 aromatic carbocycles. The number of hydrogen-bond acceptors (Lipinski definition) is 3. The van der Waals surface area contributed by atoms with Gasteiger partial charge in [0.1, 0.15) is 5.75 Å².